The van der Waals surface area contributed by atoms with Gasteiger partial charge in [0.2, 0.25) is 0 Å². The van der Waals surface area contributed by atoms with Gasteiger partial charge in [0.1, 0.15) is 0 Å². The molecule has 0 fully saturated rings. The van der Waals surface area contributed by atoms with E-state index in [9.17, 15) is 20.4 Å². The van der Waals surface area contributed by atoms with Gasteiger partial charge in [0.25, 0.3) is 0 Å². The zero-order valence-electron chi connectivity index (χ0n) is 54.5. The van der Waals surface area contributed by atoms with Gasteiger partial charge in [-0.3, -0.25) is 39.9 Å². The third-order valence-electron chi connectivity index (χ3n) is 9.39. The minimum absolute atomic E-state index is 0. The van der Waals surface area contributed by atoms with Crippen LogP contribution in [0, 0.1) is 93.5 Å². The summed E-state index contributed by atoms with van der Waals surface area (Å²) in [5.41, 5.74) is 8.32. The van der Waals surface area contributed by atoms with E-state index >= 15 is 0 Å². The molecule has 0 amide bonds. The summed E-state index contributed by atoms with van der Waals surface area (Å²) in [5.74, 6) is -2.51. The molecular weight excluding hydrogens is 1510 g/mol. The number of carboxylic acid groups (broad SMARTS) is 2. The Labute approximate surface area is 615 Å². The van der Waals surface area contributed by atoms with Crippen molar-refractivity contribution in [3.05, 3.63) is 115 Å². The molecule has 98 heavy (non-hydrogen) atoms. The molecule has 0 aromatic heterocycles. The first-order valence-corrected chi connectivity index (χ1v) is 29.3. The second-order valence-corrected chi connectivity index (χ2v) is 19.0. The van der Waals surface area contributed by atoms with Crippen LogP contribution in [0.25, 0.3) is 0 Å². The number of halogens is 2. The van der Waals surface area contributed by atoms with Crippen LogP contribution in [0.3, 0.4) is 0 Å². The van der Waals surface area contributed by atoms with Crippen molar-refractivity contribution in [1.29, 1.82) is 21.0 Å². The number of hydrogen-bond acceptors (Lipinski definition) is 32. The third kappa shape index (κ3) is 69.8. The van der Waals surface area contributed by atoms with Crippen LogP contribution in [0.2, 0.25) is 0 Å². The van der Waals surface area contributed by atoms with E-state index in [-0.39, 0.29) is 90.1 Å². The number of carbonyl (C=O) groups is 2. The number of nitrogens with one attached hydrogen (secondary N) is 2. The standard InChI is InChI=1S/2C24H29N5O2.4C2H3N.2C2H4O2.2ClHO4.4Co.O2/c2*1-17-9-19-13-26-5-3-25-4-6-27-14-20-10-18(2)12-22(24(20)31)16-29-8-7-28-15-21(11-17)23(19)30;4*1-2-3;2*1-2(3)4;2*2-1(3,4)5;;;;;1-2/h2*9-16,25,30-31H,3-8H2,1-2H3;4*1H3;2*1H3,(H,3,4);2*(H,2,3,4,5);;;;;/q;;;;;;;;;;2*+2;2*+3;-2/p-8. The molecule has 8 bridgehead atoms. The number of aryl methyl sites for hydroxylation is 4. The Kier molecular flexibility index (Phi) is 77.2. The van der Waals surface area contributed by atoms with Crippen LogP contribution in [-0.2, 0) is 76.7 Å². The Bertz CT molecular complexity index is 2850. The smallest absolute Gasteiger partial charge is 1.00 e. The monoisotopic (exact) mass is 1580 g/mol. The van der Waals surface area contributed by atoms with Crippen molar-refractivity contribution in [2.45, 2.75) is 69.2 Å². The summed E-state index contributed by atoms with van der Waals surface area (Å²) in [5, 5.41) is 118. The zero-order valence-corrected chi connectivity index (χ0v) is 60.2. The fourth-order valence-electron chi connectivity index (χ4n) is 6.45. The molecule has 2 aliphatic rings. The maximum Gasteiger partial charge on any atom is 3.00 e. The second kappa shape index (κ2) is 69.4. The molecule has 32 nitrogen and oxygen atoms in total. The fourth-order valence-corrected chi connectivity index (χ4v) is 6.45. The number of carboxylic acids is 2. The third-order valence-corrected chi connectivity index (χ3v) is 9.39. The molecule has 0 saturated carbocycles. The average Bonchev–Trinajstić information content (AvgIpc) is 0.894. The minimum atomic E-state index is -4.94. The van der Waals surface area contributed by atoms with Crippen LogP contribution in [0.15, 0.2) is 88.5 Å². The summed E-state index contributed by atoms with van der Waals surface area (Å²) in [4.78, 5) is 52.5. The number of hydrogen-bond donors (Lipinski definition) is 2. The molecule has 6 rings (SSSR count). The molecule has 0 aliphatic carbocycles. The molecular formula is C60H72Cl2Co4N14O18. The van der Waals surface area contributed by atoms with Crippen molar-refractivity contribution in [1.82, 2.24) is 10.6 Å². The summed E-state index contributed by atoms with van der Waals surface area (Å²) < 4.78 is 67.9. The van der Waals surface area contributed by atoms with Crippen molar-refractivity contribution < 1.29 is 176 Å². The van der Waals surface area contributed by atoms with E-state index in [2.05, 4.69) is 50.6 Å². The van der Waals surface area contributed by atoms with Crippen molar-refractivity contribution in [3.8, 4) is 47.3 Å². The Morgan fingerprint density at radius 2 is 0.459 bits per heavy atom. The van der Waals surface area contributed by atoms with Crippen molar-refractivity contribution in [3.63, 3.8) is 0 Å². The van der Waals surface area contributed by atoms with Crippen LogP contribution >= 0.6 is 0 Å². The van der Waals surface area contributed by atoms with E-state index in [1.54, 1.807) is 74.0 Å². The largest absolute Gasteiger partial charge is 3.00 e. The van der Waals surface area contributed by atoms with Crippen molar-refractivity contribution in [2.75, 3.05) is 78.5 Å². The number of benzene rings is 4. The van der Waals surface area contributed by atoms with Gasteiger partial charge in [-0.25, -0.2) is 37.3 Å². The normalized spacial score (nSPS) is 12.0. The first-order chi connectivity index (χ1) is 44.2. The Balaban J connectivity index is -0.000000156. The molecule has 4 aromatic carbocycles. The first-order valence-electron chi connectivity index (χ1n) is 26.9. The topological polar surface area (TPSA) is 621 Å². The van der Waals surface area contributed by atoms with E-state index in [4.69, 9.17) is 88.6 Å². The van der Waals surface area contributed by atoms with E-state index < -0.39 is 32.4 Å². The maximum absolute atomic E-state index is 12.6. The summed E-state index contributed by atoms with van der Waals surface area (Å²) in [6.45, 7) is 22.1. The van der Waals surface area contributed by atoms with E-state index in [0.717, 1.165) is 36.1 Å². The van der Waals surface area contributed by atoms with Crippen LogP contribution in [0.4, 0.5) is 0 Å². The van der Waals surface area contributed by atoms with Crippen LogP contribution in [-0.4, -0.2) is 140 Å². The van der Waals surface area contributed by atoms with Crippen LogP contribution in [0.5, 0.6) is 23.0 Å². The molecule has 2 aliphatic heterocycles. The van der Waals surface area contributed by atoms with Crippen LogP contribution in [0.1, 0.15) is 108 Å². The van der Waals surface area contributed by atoms with E-state index in [1.165, 1.54) is 27.7 Å². The van der Waals surface area contributed by atoms with E-state index in [1.807, 2.05) is 76.2 Å². The fraction of sp³-hybridized carbons (Fsp3) is 0.367. The number of fused-ring (bicyclic) bond motifs is 8. The summed E-state index contributed by atoms with van der Waals surface area (Å²) in [7, 11) is -9.89. The Morgan fingerprint density at radius 1 is 0.357 bits per heavy atom. The predicted octanol–water partition coefficient (Wildman–Crippen LogP) is -9.41. The van der Waals surface area contributed by atoms with Crippen molar-refractivity contribution >= 4 is 61.7 Å². The van der Waals surface area contributed by atoms with Gasteiger partial charge >= 0.3 is 67.1 Å². The molecule has 4 aromatic rings. The van der Waals surface area contributed by atoms with Gasteiger partial charge in [-0.2, -0.15) is 21.0 Å². The molecule has 0 saturated heterocycles. The molecule has 0 unspecified atom stereocenters. The number of carbonyl (C=O) groups excluding carboxylic acids is 2. The Hall–Kier alpha value is -7.53. The maximum atomic E-state index is 12.6. The van der Waals surface area contributed by atoms with Gasteiger partial charge in [-0.05, 0) is 108 Å². The van der Waals surface area contributed by atoms with Gasteiger partial charge < -0.3 is 61.4 Å². The van der Waals surface area contributed by atoms with Gasteiger partial charge in [0.05, 0.1) is 76.6 Å². The zero-order chi connectivity index (χ0) is 73.1. The number of nitrogens with zero attached hydrogens (tertiary/aromatic N) is 12. The quantitative estimate of drug-likeness (QED) is 0.122. The molecule has 38 heteroatoms. The molecule has 540 valence electrons. The molecule has 2 N–H and O–H groups in total. The molecule has 2 heterocycles. The first kappa shape index (κ1) is 109. The van der Waals surface area contributed by atoms with Gasteiger partial charge in [0.15, 0.2) is 0 Å². The second-order valence-electron chi connectivity index (χ2n) is 17.5. The van der Waals surface area contributed by atoms with Gasteiger partial charge in [-0.1, -0.05) is 71.5 Å². The minimum Gasteiger partial charge on any atom is -1.00 e. The van der Waals surface area contributed by atoms with Gasteiger partial charge in [0, 0.05) is 116 Å². The van der Waals surface area contributed by atoms with Crippen molar-refractivity contribution in [2.24, 2.45) is 39.9 Å². The summed E-state index contributed by atoms with van der Waals surface area (Å²) in [6.07, 6.45) is 12.9. The number of aliphatic carboxylic acids is 2. The van der Waals surface area contributed by atoms with Gasteiger partial charge in [-0.15, -0.1) is 20.5 Å². The van der Waals surface area contributed by atoms with E-state index in [0.29, 0.717) is 123 Å². The Morgan fingerprint density at radius 3 is 0.571 bits per heavy atom. The molecule has 0 atom stereocenters. The summed E-state index contributed by atoms with van der Waals surface area (Å²) in [6, 6.07) is 21.6. The van der Waals surface area contributed by atoms with Crippen LogP contribution < -0.4 is 89.1 Å². The number of aliphatic imine (C=N–C) groups is 8. The predicted molar refractivity (Wildman–Crippen MR) is 314 cm³/mol. The number of rotatable bonds is 0. The SMILES string of the molecule is CC#N.CC#N.CC#N.CC#N.CC(=O)[O-].CC(=O)[O-].Cc1cc2c([O-])c(c1)C=NCCNCCN=Cc1cc(C)cc(c1[O-])C=NCCN=C2.Cc1cc2c([O-])c(c1)C=NCCNCCN=Cc1cc(C)cc(c1[O-])C=NCCN=C2.[Co+2].[Co+2].[Co+3].[Co+3].[O-][Cl+3]([O-])([O-])[O-].[O-][Cl+3]([O-])([O-])[O-].[O-][O-]. The average molecular weight is 1580 g/mol. The summed E-state index contributed by atoms with van der Waals surface area (Å²) >= 11 is 0. The number of nitriles is 4. The molecule has 2 radical (unpaired) electrons. The molecule has 0 spiro atoms.